The van der Waals surface area contributed by atoms with Gasteiger partial charge in [0.25, 0.3) is 5.91 Å². The zero-order valence-electron chi connectivity index (χ0n) is 22.2. The van der Waals surface area contributed by atoms with Crippen molar-refractivity contribution >= 4 is 17.6 Å². The van der Waals surface area contributed by atoms with Gasteiger partial charge in [0.2, 0.25) is 0 Å². The lowest BCUT2D eigenvalue weighted by Gasteiger charge is -2.58. The molecule has 3 fully saturated rings. The molecule has 198 valence electrons. The molecule has 0 saturated heterocycles. The van der Waals surface area contributed by atoms with Crippen LogP contribution in [0.2, 0.25) is 0 Å². The van der Waals surface area contributed by atoms with Gasteiger partial charge in [0, 0.05) is 5.41 Å². The van der Waals surface area contributed by atoms with Crippen LogP contribution in [0.25, 0.3) is 0 Å². The minimum atomic E-state index is -1.04. The lowest BCUT2D eigenvalue weighted by molar-refractivity contribution is -0.144. The number of hydrogen-bond acceptors (Lipinski definition) is 5. The van der Waals surface area contributed by atoms with Crippen LogP contribution in [-0.2, 0) is 14.4 Å². The first kappa shape index (κ1) is 26.7. The van der Waals surface area contributed by atoms with Crippen molar-refractivity contribution in [2.75, 3.05) is 6.61 Å². The number of hydrogen-bond donors (Lipinski definition) is 3. The van der Waals surface area contributed by atoms with Crippen LogP contribution >= 0.6 is 0 Å². The highest BCUT2D eigenvalue weighted by Gasteiger charge is 2.63. The Bertz CT molecular complexity index is 998. The molecule has 3 saturated carbocycles. The number of carboxylic acid groups (broad SMARTS) is 1. The maximum Gasteiger partial charge on any atom is 0.326 e. The molecule has 36 heavy (non-hydrogen) atoms. The van der Waals surface area contributed by atoms with E-state index < -0.39 is 23.5 Å². The maximum absolute atomic E-state index is 12.2. The number of carboxylic acids is 1. The molecule has 7 heteroatoms. The van der Waals surface area contributed by atoms with Gasteiger partial charge in [-0.1, -0.05) is 50.8 Å². The van der Waals surface area contributed by atoms with Crippen LogP contribution < -0.4 is 5.32 Å². The highest BCUT2D eigenvalue weighted by atomic mass is 16.6. The average molecular weight is 499 g/mol. The summed E-state index contributed by atoms with van der Waals surface area (Å²) in [7, 11) is 0. The van der Waals surface area contributed by atoms with Crippen LogP contribution in [0, 0.1) is 46.8 Å². The standard InChI is InChI=1S/C29H42N2O5/c1-6-18(3)25(26(33)34)30-24(32)17-36-31-20-10-13-27(4)19(16-20)8-9-21-22(27)11-14-28(5)23(21)12-15-29(28,35)7-2/h2,16,18,21-23,25,35H,6,8-15,17H2,1,3-5H3,(H,30,32)(H,33,34)/b31-20+/t18?,21-,22+,23+,25?,27+,28+,29-/m1/s1. The molecule has 0 spiro atoms. The van der Waals surface area contributed by atoms with Crippen LogP contribution in [0.1, 0.15) is 85.5 Å². The molecule has 0 radical (unpaired) electrons. The summed E-state index contributed by atoms with van der Waals surface area (Å²) in [6, 6.07) is -0.930. The van der Waals surface area contributed by atoms with Crippen molar-refractivity contribution in [3.63, 3.8) is 0 Å². The largest absolute Gasteiger partial charge is 0.480 e. The Kier molecular flexibility index (Phi) is 7.31. The van der Waals surface area contributed by atoms with Gasteiger partial charge in [0.1, 0.15) is 11.6 Å². The van der Waals surface area contributed by atoms with Gasteiger partial charge in [-0.2, -0.15) is 0 Å². The highest BCUT2D eigenvalue weighted by Crippen LogP contribution is 2.67. The zero-order valence-corrected chi connectivity index (χ0v) is 22.2. The number of aliphatic carboxylic acids is 1. The second kappa shape index (κ2) is 9.85. The number of nitrogens with zero attached hydrogens (tertiary/aromatic N) is 1. The molecule has 4 aliphatic rings. The SMILES string of the molecule is C#C[C@@]1(O)CC[C@H]2[C@@H]3CCC4=C/C(=N/OCC(=O)NC(C(=O)O)C(C)CC)CC[C@]4(C)[C@H]3CC[C@@]21C. The van der Waals surface area contributed by atoms with Gasteiger partial charge in [-0.25, -0.2) is 4.79 Å². The van der Waals surface area contributed by atoms with Crippen LogP contribution in [0.15, 0.2) is 16.8 Å². The number of carbonyl (C=O) groups is 2. The molecule has 0 aliphatic heterocycles. The molecular weight excluding hydrogens is 456 g/mol. The third-order valence-corrected chi connectivity index (χ3v) is 10.5. The predicted octanol–water partition coefficient (Wildman–Crippen LogP) is 4.30. The summed E-state index contributed by atoms with van der Waals surface area (Å²) in [4.78, 5) is 29.0. The van der Waals surface area contributed by atoms with Gasteiger partial charge in [0.15, 0.2) is 6.61 Å². The van der Waals surface area contributed by atoms with Crippen molar-refractivity contribution < 1.29 is 24.6 Å². The smallest absolute Gasteiger partial charge is 0.326 e. The number of amides is 1. The zero-order chi connectivity index (χ0) is 26.3. The normalized spacial score (nSPS) is 40.1. The molecule has 4 rings (SSSR count). The molecule has 0 aromatic carbocycles. The fraction of sp³-hybridized carbons (Fsp3) is 0.759. The van der Waals surface area contributed by atoms with Crippen molar-refractivity contribution in [1.29, 1.82) is 0 Å². The minimum Gasteiger partial charge on any atom is -0.480 e. The molecule has 0 bridgehead atoms. The highest BCUT2D eigenvalue weighted by molar-refractivity contribution is 5.96. The van der Waals surface area contributed by atoms with Crippen molar-refractivity contribution in [3.05, 3.63) is 11.6 Å². The molecule has 8 atom stereocenters. The van der Waals surface area contributed by atoms with E-state index in [0.29, 0.717) is 30.6 Å². The van der Waals surface area contributed by atoms with Crippen LogP contribution in [0.3, 0.4) is 0 Å². The minimum absolute atomic E-state index is 0.114. The van der Waals surface area contributed by atoms with Crippen molar-refractivity contribution in [3.8, 4) is 12.3 Å². The number of allylic oxidation sites excluding steroid dienone is 2. The van der Waals surface area contributed by atoms with Gasteiger partial charge < -0.3 is 20.4 Å². The van der Waals surface area contributed by atoms with Crippen LogP contribution in [0.5, 0.6) is 0 Å². The Hall–Kier alpha value is -2.33. The third kappa shape index (κ3) is 4.36. The Balaban J connectivity index is 1.40. The summed E-state index contributed by atoms with van der Waals surface area (Å²) in [5.41, 5.74) is 1.20. The monoisotopic (exact) mass is 498 g/mol. The van der Waals surface area contributed by atoms with E-state index in [2.05, 4.69) is 36.3 Å². The number of fused-ring (bicyclic) bond motifs is 5. The summed E-state index contributed by atoms with van der Waals surface area (Å²) >= 11 is 0. The van der Waals surface area contributed by atoms with Crippen molar-refractivity contribution in [1.82, 2.24) is 5.32 Å². The second-order valence-electron chi connectivity index (χ2n) is 12.1. The van der Waals surface area contributed by atoms with Crippen molar-refractivity contribution in [2.45, 2.75) is 97.1 Å². The number of terminal acetylenes is 1. The summed E-state index contributed by atoms with van der Waals surface area (Å²) in [6.07, 6.45) is 16.3. The average Bonchev–Trinajstić information content (AvgIpc) is 3.13. The fourth-order valence-corrected chi connectivity index (χ4v) is 7.97. The van der Waals surface area contributed by atoms with Crippen LogP contribution in [-0.4, -0.2) is 46.1 Å². The lowest BCUT2D eigenvalue weighted by atomic mass is 9.46. The summed E-state index contributed by atoms with van der Waals surface area (Å²) in [5.74, 6) is 2.70. The molecule has 0 aromatic heterocycles. The predicted molar refractivity (Wildman–Crippen MR) is 138 cm³/mol. The van der Waals surface area contributed by atoms with E-state index in [0.717, 1.165) is 50.7 Å². The van der Waals surface area contributed by atoms with Gasteiger partial charge >= 0.3 is 5.97 Å². The van der Waals surface area contributed by atoms with Gasteiger partial charge in [-0.3, -0.25) is 4.79 Å². The molecule has 0 heterocycles. The van der Waals surface area contributed by atoms with E-state index in [9.17, 15) is 19.8 Å². The van der Waals surface area contributed by atoms with E-state index in [4.69, 9.17) is 11.3 Å². The molecule has 2 unspecified atom stereocenters. The molecule has 7 nitrogen and oxygen atoms in total. The first-order valence-corrected chi connectivity index (χ1v) is 13.6. The topological polar surface area (TPSA) is 108 Å². The lowest BCUT2D eigenvalue weighted by Crippen LogP contribution is -2.54. The van der Waals surface area contributed by atoms with Crippen molar-refractivity contribution in [2.24, 2.45) is 39.7 Å². The number of rotatable bonds is 7. The first-order valence-electron chi connectivity index (χ1n) is 13.6. The number of aliphatic hydroxyl groups is 1. The number of nitrogens with one attached hydrogen (secondary N) is 1. The van der Waals surface area contributed by atoms with Crippen LogP contribution in [0.4, 0.5) is 0 Å². The Morgan fingerprint density at radius 3 is 2.61 bits per heavy atom. The summed E-state index contributed by atoms with van der Waals surface area (Å²) < 4.78 is 0. The Morgan fingerprint density at radius 2 is 1.94 bits per heavy atom. The van der Waals surface area contributed by atoms with Gasteiger partial charge in [-0.05, 0) is 86.5 Å². The molecule has 0 aromatic rings. The van der Waals surface area contributed by atoms with E-state index in [-0.39, 0.29) is 23.4 Å². The summed E-state index contributed by atoms with van der Waals surface area (Å²) in [5, 5.41) is 27.3. The molecule has 4 aliphatic carbocycles. The quantitative estimate of drug-likeness (QED) is 0.358. The molecular formula is C29H42N2O5. The number of carbonyl (C=O) groups excluding carboxylic acids is 1. The number of oxime groups is 1. The maximum atomic E-state index is 12.2. The Labute approximate surface area is 215 Å². The third-order valence-electron chi connectivity index (χ3n) is 10.5. The van der Waals surface area contributed by atoms with Gasteiger partial charge in [-0.15, -0.1) is 6.42 Å². The van der Waals surface area contributed by atoms with Gasteiger partial charge in [0.05, 0.1) is 5.71 Å². The summed E-state index contributed by atoms with van der Waals surface area (Å²) in [6.45, 7) is 8.01. The van der Waals surface area contributed by atoms with E-state index in [1.807, 2.05) is 6.92 Å². The second-order valence-corrected chi connectivity index (χ2v) is 12.1. The molecule has 1 amide bonds. The molecule has 3 N–H and O–H groups in total. The first-order chi connectivity index (χ1) is 17.0. The van der Waals surface area contributed by atoms with E-state index >= 15 is 0 Å². The van der Waals surface area contributed by atoms with E-state index in [1.165, 1.54) is 5.57 Å². The van der Waals surface area contributed by atoms with E-state index in [1.54, 1.807) is 6.92 Å². The Morgan fingerprint density at radius 1 is 1.22 bits per heavy atom. The fourth-order valence-electron chi connectivity index (χ4n) is 7.97.